The van der Waals surface area contributed by atoms with E-state index in [2.05, 4.69) is 31.0 Å². The van der Waals surface area contributed by atoms with Crippen LogP contribution in [0.4, 0.5) is 0 Å². The van der Waals surface area contributed by atoms with Gasteiger partial charge < -0.3 is 0 Å². The van der Waals surface area contributed by atoms with E-state index in [1.165, 1.54) is 5.56 Å². The van der Waals surface area contributed by atoms with Gasteiger partial charge >= 0.3 is 0 Å². The van der Waals surface area contributed by atoms with Crippen molar-refractivity contribution in [1.29, 1.82) is 0 Å². The highest BCUT2D eigenvalue weighted by atomic mass is 79.9. The predicted octanol–water partition coefficient (Wildman–Crippen LogP) is 3.57. The molecule has 0 saturated heterocycles. The van der Waals surface area contributed by atoms with Crippen molar-refractivity contribution in [2.45, 2.75) is 19.8 Å². The maximum atomic E-state index is 5.86. The molecule has 1 aromatic carbocycles. The summed E-state index contributed by atoms with van der Waals surface area (Å²) in [5.74, 6) is 1.63. The van der Waals surface area contributed by atoms with Gasteiger partial charge in [-0.2, -0.15) is 4.98 Å². The molecule has 3 aromatic rings. The molecular formula is C13H12BrClN4. The third-order valence-electron chi connectivity index (χ3n) is 3.00. The van der Waals surface area contributed by atoms with Gasteiger partial charge in [0.25, 0.3) is 5.78 Å². The number of aromatic amines is 1. The zero-order chi connectivity index (χ0) is 13.4. The Morgan fingerprint density at radius 1 is 1.21 bits per heavy atom. The number of halogens is 2. The first kappa shape index (κ1) is 12.7. The van der Waals surface area contributed by atoms with Gasteiger partial charge in [0.1, 0.15) is 10.4 Å². The normalized spacial score (nSPS) is 11.3. The van der Waals surface area contributed by atoms with Gasteiger partial charge in [0.05, 0.1) is 5.69 Å². The average molecular weight is 340 g/mol. The van der Waals surface area contributed by atoms with E-state index in [1.54, 1.807) is 0 Å². The molecule has 4 nitrogen and oxygen atoms in total. The zero-order valence-corrected chi connectivity index (χ0v) is 12.7. The van der Waals surface area contributed by atoms with Crippen LogP contribution >= 0.6 is 27.5 Å². The first-order valence-corrected chi connectivity index (χ1v) is 7.14. The Labute approximate surface area is 123 Å². The number of H-pyrrole nitrogens is 1. The van der Waals surface area contributed by atoms with Crippen LogP contribution in [-0.2, 0) is 12.8 Å². The lowest BCUT2D eigenvalue weighted by Gasteiger charge is -1.99. The quantitative estimate of drug-likeness (QED) is 0.793. The summed E-state index contributed by atoms with van der Waals surface area (Å²) in [5, 5.41) is 4.00. The molecule has 2 heterocycles. The van der Waals surface area contributed by atoms with Crippen LogP contribution in [-0.4, -0.2) is 19.6 Å². The molecule has 0 fully saturated rings. The minimum absolute atomic E-state index is 0.704. The van der Waals surface area contributed by atoms with Crippen LogP contribution in [0.15, 0.2) is 28.9 Å². The third-order valence-corrected chi connectivity index (χ3v) is 4.18. The van der Waals surface area contributed by atoms with Crippen molar-refractivity contribution in [3.63, 3.8) is 0 Å². The van der Waals surface area contributed by atoms with E-state index >= 15 is 0 Å². The van der Waals surface area contributed by atoms with Crippen LogP contribution in [0.3, 0.4) is 0 Å². The number of hydrogen-bond acceptors (Lipinski definition) is 2. The largest absolute Gasteiger partial charge is 0.277 e. The second kappa shape index (κ2) is 4.98. The topological polar surface area (TPSA) is 46.0 Å². The minimum Gasteiger partial charge on any atom is -0.277 e. The number of nitrogens with zero attached hydrogens (tertiary/aromatic N) is 3. The maximum Gasteiger partial charge on any atom is 0.251 e. The Morgan fingerprint density at radius 3 is 2.63 bits per heavy atom. The monoisotopic (exact) mass is 338 g/mol. The number of hydrogen-bond donors (Lipinski definition) is 1. The van der Waals surface area contributed by atoms with E-state index in [1.807, 2.05) is 35.7 Å². The summed E-state index contributed by atoms with van der Waals surface area (Å²) in [7, 11) is 0. The Bertz CT molecular complexity index is 714. The molecule has 6 heteroatoms. The van der Waals surface area contributed by atoms with Crippen LogP contribution in [0.5, 0.6) is 0 Å². The lowest BCUT2D eigenvalue weighted by atomic mass is 10.1. The number of benzene rings is 1. The standard InChI is InChI=1S/C13H12BrClN4/c1-8-12(14)19-13(16-8)17-11(18-19)7-4-9-2-5-10(15)6-3-9/h2-3,5-6H,4,7H2,1H3,(H,16,17,18). The van der Waals surface area contributed by atoms with Crippen LogP contribution in [0.25, 0.3) is 5.78 Å². The van der Waals surface area contributed by atoms with Crippen LogP contribution in [0.2, 0.25) is 5.02 Å². The molecule has 19 heavy (non-hydrogen) atoms. The molecule has 0 aliphatic rings. The molecule has 0 unspecified atom stereocenters. The van der Waals surface area contributed by atoms with Crippen molar-refractivity contribution >= 4 is 33.3 Å². The molecule has 2 aromatic heterocycles. The molecule has 0 atom stereocenters. The van der Waals surface area contributed by atoms with E-state index < -0.39 is 0 Å². The van der Waals surface area contributed by atoms with E-state index in [4.69, 9.17) is 11.6 Å². The SMILES string of the molecule is Cc1nc2nc(CCc3ccc(Cl)cc3)[nH]n2c1Br. The van der Waals surface area contributed by atoms with Crippen molar-refractivity contribution in [3.8, 4) is 0 Å². The molecule has 0 bridgehead atoms. The van der Waals surface area contributed by atoms with Gasteiger partial charge in [-0.1, -0.05) is 23.7 Å². The third kappa shape index (κ3) is 2.53. The maximum absolute atomic E-state index is 5.86. The zero-order valence-electron chi connectivity index (χ0n) is 10.3. The van der Waals surface area contributed by atoms with Gasteiger partial charge in [-0.3, -0.25) is 5.10 Å². The second-order valence-corrected chi connectivity index (χ2v) is 5.61. The Hall–Kier alpha value is -1.33. The van der Waals surface area contributed by atoms with Crippen LogP contribution in [0, 0.1) is 6.92 Å². The Morgan fingerprint density at radius 2 is 1.95 bits per heavy atom. The van der Waals surface area contributed by atoms with Crippen LogP contribution in [0.1, 0.15) is 17.1 Å². The van der Waals surface area contributed by atoms with E-state index in [-0.39, 0.29) is 0 Å². The Kier molecular flexibility index (Phi) is 3.33. The molecule has 0 aliphatic carbocycles. The molecule has 1 N–H and O–H groups in total. The van der Waals surface area contributed by atoms with Gasteiger partial charge in [0.15, 0.2) is 0 Å². The van der Waals surface area contributed by atoms with Crippen molar-refractivity contribution < 1.29 is 0 Å². The number of nitrogens with one attached hydrogen (secondary N) is 1. The molecule has 98 valence electrons. The summed E-state index contributed by atoms with van der Waals surface area (Å²) in [6.45, 7) is 1.94. The van der Waals surface area contributed by atoms with Gasteiger partial charge in [0, 0.05) is 11.4 Å². The van der Waals surface area contributed by atoms with Gasteiger partial charge in [-0.15, -0.1) is 0 Å². The summed E-state index contributed by atoms with van der Waals surface area (Å²) >= 11 is 9.35. The molecule has 0 radical (unpaired) electrons. The molecule has 0 amide bonds. The highest BCUT2D eigenvalue weighted by Crippen LogP contribution is 2.17. The lowest BCUT2D eigenvalue weighted by Crippen LogP contribution is -1.95. The van der Waals surface area contributed by atoms with E-state index in [0.717, 1.165) is 34.0 Å². The second-order valence-electron chi connectivity index (χ2n) is 4.42. The lowest BCUT2D eigenvalue weighted by molar-refractivity contribution is 0.829. The van der Waals surface area contributed by atoms with E-state index in [9.17, 15) is 0 Å². The molecule has 0 saturated carbocycles. The average Bonchev–Trinajstić information content (AvgIpc) is 2.90. The number of fused-ring (bicyclic) bond motifs is 1. The first-order valence-electron chi connectivity index (χ1n) is 5.97. The fourth-order valence-corrected chi connectivity index (χ4v) is 2.43. The highest BCUT2D eigenvalue weighted by molar-refractivity contribution is 9.10. The van der Waals surface area contributed by atoms with Crippen molar-refractivity contribution in [3.05, 3.63) is 51.0 Å². The molecule has 3 rings (SSSR count). The molecule has 0 aliphatic heterocycles. The van der Waals surface area contributed by atoms with Crippen molar-refractivity contribution in [2.24, 2.45) is 0 Å². The summed E-state index contributed by atoms with van der Waals surface area (Å²) in [6.07, 6.45) is 1.76. The fraction of sp³-hybridized carbons (Fsp3) is 0.231. The number of imidazole rings is 1. The first-order chi connectivity index (χ1) is 9.13. The van der Waals surface area contributed by atoms with Gasteiger partial charge in [-0.25, -0.2) is 9.50 Å². The fourth-order valence-electron chi connectivity index (χ4n) is 1.97. The predicted molar refractivity (Wildman–Crippen MR) is 78.6 cm³/mol. The van der Waals surface area contributed by atoms with Crippen molar-refractivity contribution in [1.82, 2.24) is 19.6 Å². The summed E-state index contributed by atoms with van der Waals surface area (Å²) < 4.78 is 2.78. The highest BCUT2D eigenvalue weighted by Gasteiger charge is 2.10. The van der Waals surface area contributed by atoms with E-state index in [0.29, 0.717) is 5.78 Å². The molecular weight excluding hydrogens is 328 g/mol. The summed E-state index contributed by atoms with van der Waals surface area (Å²) in [5.41, 5.74) is 2.18. The smallest absolute Gasteiger partial charge is 0.251 e. The van der Waals surface area contributed by atoms with Gasteiger partial charge in [-0.05, 0) is 47.0 Å². The molecule has 0 spiro atoms. The van der Waals surface area contributed by atoms with Gasteiger partial charge in [0.2, 0.25) is 0 Å². The minimum atomic E-state index is 0.704. The van der Waals surface area contributed by atoms with Crippen molar-refractivity contribution in [2.75, 3.05) is 0 Å². The summed E-state index contributed by atoms with van der Waals surface area (Å²) in [4.78, 5) is 8.82. The van der Waals surface area contributed by atoms with Crippen LogP contribution < -0.4 is 0 Å². The number of aryl methyl sites for hydroxylation is 3. The number of rotatable bonds is 3. The Balaban J connectivity index is 1.76. The summed E-state index contributed by atoms with van der Waals surface area (Å²) in [6, 6.07) is 7.89. The number of aromatic nitrogens is 4.